The maximum absolute atomic E-state index is 10.0. The van der Waals surface area contributed by atoms with Gasteiger partial charge < -0.3 is 24.8 Å². The number of nitrogens with one attached hydrogen (secondary N) is 2. The molecule has 2 aromatic carbocycles. The fourth-order valence-electron chi connectivity index (χ4n) is 3.06. The Hall–Kier alpha value is -2.90. The van der Waals surface area contributed by atoms with Crippen molar-refractivity contribution in [3.05, 3.63) is 50.6 Å². The Morgan fingerprint density at radius 3 is 2.73 bits per heavy atom. The predicted molar refractivity (Wildman–Crippen MR) is 136 cm³/mol. The van der Waals surface area contributed by atoms with Gasteiger partial charge in [-0.25, -0.2) is 5.43 Å². The van der Waals surface area contributed by atoms with Crippen LogP contribution in [0.3, 0.4) is 0 Å². The van der Waals surface area contributed by atoms with E-state index >= 15 is 0 Å². The number of hydrogen-bond acceptors (Lipinski definition) is 10. The fourth-order valence-corrected chi connectivity index (χ4v) is 3.87. The summed E-state index contributed by atoms with van der Waals surface area (Å²) >= 11 is 8.12. The second kappa shape index (κ2) is 10.8. The van der Waals surface area contributed by atoms with Crippen LogP contribution >= 0.6 is 34.2 Å². The van der Waals surface area contributed by atoms with Crippen LogP contribution in [0.25, 0.3) is 0 Å². The van der Waals surface area contributed by atoms with Crippen molar-refractivity contribution in [3.8, 4) is 11.5 Å². The van der Waals surface area contributed by atoms with E-state index in [0.29, 0.717) is 52.5 Å². The highest BCUT2D eigenvalue weighted by atomic mass is 127. The number of phenolic OH excluding ortho intramolecular Hbond substituents is 1. The summed E-state index contributed by atoms with van der Waals surface area (Å²) in [4.78, 5) is 15.5. The molecule has 2 heterocycles. The molecule has 3 N–H and O–H groups in total. The second-order valence-corrected chi connectivity index (χ2v) is 8.54. The number of hydrazone groups is 1. The number of rotatable bonds is 7. The van der Waals surface area contributed by atoms with Crippen molar-refractivity contribution < 1.29 is 14.6 Å². The molecule has 4 rings (SSSR count). The molecule has 33 heavy (non-hydrogen) atoms. The molecular formula is C21H21ClIN7O3. The van der Waals surface area contributed by atoms with Crippen LogP contribution in [0.5, 0.6) is 11.5 Å². The Labute approximate surface area is 209 Å². The van der Waals surface area contributed by atoms with Crippen LogP contribution in [-0.2, 0) is 4.74 Å². The topological polar surface area (TPSA) is 117 Å². The zero-order valence-corrected chi connectivity index (χ0v) is 20.5. The molecular weight excluding hydrogens is 561 g/mol. The molecule has 1 saturated heterocycles. The highest BCUT2D eigenvalue weighted by molar-refractivity contribution is 14.1. The zero-order chi connectivity index (χ0) is 23.2. The predicted octanol–water partition coefficient (Wildman–Crippen LogP) is 3.87. The minimum absolute atomic E-state index is 0.0903. The first-order chi connectivity index (χ1) is 16.0. The van der Waals surface area contributed by atoms with E-state index in [9.17, 15) is 5.11 Å². The number of morpholine rings is 1. The Morgan fingerprint density at radius 1 is 1.18 bits per heavy atom. The lowest BCUT2D eigenvalue weighted by Crippen LogP contribution is -2.37. The monoisotopic (exact) mass is 581 g/mol. The van der Waals surface area contributed by atoms with E-state index in [1.54, 1.807) is 30.5 Å². The van der Waals surface area contributed by atoms with E-state index in [1.807, 2.05) is 39.6 Å². The molecule has 0 aliphatic carbocycles. The summed E-state index contributed by atoms with van der Waals surface area (Å²) in [7, 11) is 1.50. The molecule has 1 fully saturated rings. The summed E-state index contributed by atoms with van der Waals surface area (Å²) in [5.74, 6) is 1.59. The third-order valence-electron chi connectivity index (χ3n) is 4.65. The first-order valence-corrected chi connectivity index (χ1v) is 11.4. The summed E-state index contributed by atoms with van der Waals surface area (Å²) in [6.45, 7) is 2.56. The lowest BCUT2D eigenvalue weighted by molar-refractivity contribution is 0.122. The van der Waals surface area contributed by atoms with Crippen LogP contribution in [0.15, 0.2) is 41.5 Å². The van der Waals surface area contributed by atoms with Crippen molar-refractivity contribution in [2.24, 2.45) is 5.10 Å². The number of anilines is 4. The smallest absolute Gasteiger partial charge is 0.250 e. The number of aromatic nitrogens is 3. The highest BCUT2D eigenvalue weighted by Gasteiger charge is 2.17. The normalized spacial score (nSPS) is 13.8. The van der Waals surface area contributed by atoms with Gasteiger partial charge in [-0.2, -0.15) is 20.1 Å². The molecule has 0 amide bonds. The SMILES string of the molecule is COc1cc(C=NNc2nc(Nc3cccc(Cl)c3)nc(N3CCOCC3)n2)cc(I)c1O. The van der Waals surface area contributed by atoms with E-state index < -0.39 is 0 Å². The Bertz CT molecular complexity index is 1160. The summed E-state index contributed by atoms with van der Waals surface area (Å²) < 4.78 is 11.3. The lowest BCUT2D eigenvalue weighted by atomic mass is 10.2. The average Bonchev–Trinajstić information content (AvgIpc) is 2.81. The minimum atomic E-state index is 0.0903. The van der Waals surface area contributed by atoms with Gasteiger partial charge in [0.15, 0.2) is 11.5 Å². The maximum Gasteiger partial charge on any atom is 0.250 e. The Kier molecular flexibility index (Phi) is 7.62. The van der Waals surface area contributed by atoms with Crippen molar-refractivity contribution >= 4 is 63.9 Å². The van der Waals surface area contributed by atoms with E-state index in [-0.39, 0.29) is 11.7 Å². The van der Waals surface area contributed by atoms with Crippen LogP contribution in [0.4, 0.5) is 23.5 Å². The quantitative estimate of drug-likeness (QED) is 0.217. The van der Waals surface area contributed by atoms with Gasteiger partial charge in [0.1, 0.15) is 0 Å². The van der Waals surface area contributed by atoms with Gasteiger partial charge in [-0.3, -0.25) is 0 Å². The van der Waals surface area contributed by atoms with Crippen molar-refractivity contribution in [2.45, 2.75) is 0 Å². The van der Waals surface area contributed by atoms with E-state index in [1.165, 1.54) is 7.11 Å². The molecule has 3 aromatic rings. The minimum Gasteiger partial charge on any atom is -0.504 e. The van der Waals surface area contributed by atoms with Crippen LogP contribution in [0.2, 0.25) is 5.02 Å². The molecule has 0 atom stereocenters. The molecule has 0 saturated carbocycles. The Morgan fingerprint density at radius 2 is 1.97 bits per heavy atom. The molecule has 1 aliphatic rings. The van der Waals surface area contributed by atoms with Crippen LogP contribution < -0.4 is 20.4 Å². The van der Waals surface area contributed by atoms with Gasteiger partial charge in [0.05, 0.1) is 30.1 Å². The standard InChI is InChI=1S/C21H21ClIN7O3/c1-32-17-10-13(9-16(23)18(17)31)12-24-29-20-26-19(25-15-4-2-3-14(22)11-15)27-21(28-20)30-5-7-33-8-6-30/h2-4,9-12,31H,5-8H2,1H3,(H2,25,26,27,28,29). The van der Waals surface area contributed by atoms with Crippen molar-refractivity contribution in [2.75, 3.05) is 49.1 Å². The third kappa shape index (κ3) is 6.12. The summed E-state index contributed by atoms with van der Waals surface area (Å²) in [6, 6.07) is 10.7. The van der Waals surface area contributed by atoms with Gasteiger partial charge in [0, 0.05) is 23.8 Å². The summed E-state index contributed by atoms with van der Waals surface area (Å²) in [5.41, 5.74) is 4.35. The lowest BCUT2D eigenvalue weighted by Gasteiger charge is -2.27. The summed E-state index contributed by atoms with van der Waals surface area (Å²) in [6.07, 6.45) is 1.59. The number of hydrogen-bond donors (Lipinski definition) is 3. The van der Waals surface area contributed by atoms with Gasteiger partial charge in [-0.1, -0.05) is 17.7 Å². The average molecular weight is 582 g/mol. The molecule has 0 bridgehead atoms. The molecule has 12 heteroatoms. The van der Waals surface area contributed by atoms with E-state index in [0.717, 1.165) is 11.3 Å². The first-order valence-electron chi connectivity index (χ1n) is 9.99. The van der Waals surface area contributed by atoms with Gasteiger partial charge in [0.25, 0.3) is 0 Å². The first kappa shape index (κ1) is 23.3. The molecule has 0 unspecified atom stereocenters. The number of phenols is 1. The van der Waals surface area contributed by atoms with E-state index in [2.05, 4.69) is 30.8 Å². The molecule has 0 radical (unpaired) electrons. The Balaban J connectivity index is 1.58. The number of nitrogens with zero attached hydrogens (tertiary/aromatic N) is 5. The molecule has 1 aliphatic heterocycles. The van der Waals surface area contributed by atoms with Crippen molar-refractivity contribution in [1.29, 1.82) is 0 Å². The molecule has 10 nitrogen and oxygen atoms in total. The largest absolute Gasteiger partial charge is 0.504 e. The second-order valence-electron chi connectivity index (χ2n) is 6.94. The molecule has 1 aromatic heterocycles. The van der Waals surface area contributed by atoms with Crippen LogP contribution in [0.1, 0.15) is 5.56 Å². The zero-order valence-electron chi connectivity index (χ0n) is 17.6. The van der Waals surface area contributed by atoms with Gasteiger partial charge in [-0.15, -0.1) is 0 Å². The number of aromatic hydroxyl groups is 1. The number of ether oxygens (including phenoxy) is 2. The molecule has 0 spiro atoms. The third-order valence-corrected chi connectivity index (χ3v) is 5.70. The van der Waals surface area contributed by atoms with Gasteiger partial charge >= 0.3 is 0 Å². The highest BCUT2D eigenvalue weighted by Crippen LogP contribution is 2.31. The van der Waals surface area contributed by atoms with Gasteiger partial charge in [0.2, 0.25) is 17.8 Å². The van der Waals surface area contributed by atoms with Crippen molar-refractivity contribution in [3.63, 3.8) is 0 Å². The summed E-state index contributed by atoms with van der Waals surface area (Å²) in [5, 5.41) is 18.0. The number of halogens is 2. The number of benzene rings is 2. The van der Waals surface area contributed by atoms with Gasteiger partial charge in [-0.05, 0) is 58.5 Å². The van der Waals surface area contributed by atoms with Crippen molar-refractivity contribution in [1.82, 2.24) is 15.0 Å². The maximum atomic E-state index is 10.0. The molecule has 172 valence electrons. The van der Waals surface area contributed by atoms with Crippen LogP contribution in [0, 0.1) is 3.57 Å². The fraction of sp³-hybridized carbons (Fsp3) is 0.238. The van der Waals surface area contributed by atoms with Crippen LogP contribution in [-0.4, -0.2) is 59.7 Å². The number of methoxy groups -OCH3 is 1. The van der Waals surface area contributed by atoms with E-state index in [4.69, 9.17) is 21.1 Å².